The van der Waals surface area contributed by atoms with Crippen molar-refractivity contribution in [1.82, 2.24) is 20.0 Å². The number of anilines is 1. The van der Waals surface area contributed by atoms with Gasteiger partial charge in [0.25, 0.3) is 5.91 Å². The van der Waals surface area contributed by atoms with E-state index in [1.807, 2.05) is 0 Å². The molecule has 0 bridgehead atoms. The second-order valence-electron chi connectivity index (χ2n) is 5.58. The fourth-order valence-corrected chi connectivity index (χ4v) is 2.88. The maximum atomic E-state index is 12.2. The molecule has 0 aromatic carbocycles. The highest BCUT2D eigenvalue weighted by Gasteiger charge is 2.36. The molecule has 1 aromatic rings. The van der Waals surface area contributed by atoms with Gasteiger partial charge in [0, 0.05) is 19.1 Å². The van der Waals surface area contributed by atoms with Crippen LogP contribution in [0.3, 0.4) is 0 Å². The largest absolute Gasteiger partial charge is 0.396 e. The summed E-state index contributed by atoms with van der Waals surface area (Å²) in [4.78, 5) is 14.4. The monoisotopic (exact) mass is 265 g/mol. The Labute approximate surface area is 113 Å². The van der Waals surface area contributed by atoms with Crippen LogP contribution < -0.4 is 11.1 Å². The third kappa shape index (κ3) is 2.58. The minimum absolute atomic E-state index is 0.0863. The molecule has 0 spiro atoms. The molecule has 3 N–H and O–H groups in total. The van der Waals surface area contributed by atoms with Crippen molar-refractivity contribution in [2.24, 2.45) is 7.05 Å². The van der Waals surface area contributed by atoms with Crippen LogP contribution in [0.5, 0.6) is 0 Å². The van der Waals surface area contributed by atoms with E-state index in [9.17, 15) is 4.79 Å². The summed E-state index contributed by atoms with van der Waals surface area (Å²) in [5.74, 6) is -0.148. The first kappa shape index (κ1) is 13.9. The molecule has 19 heavy (non-hydrogen) atoms. The fourth-order valence-electron chi connectivity index (χ4n) is 2.88. The Balaban J connectivity index is 2.04. The maximum absolute atomic E-state index is 12.2. The van der Waals surface area contributed by atoms with Gasteiger partial charge in [-0.25, -0.2) is 0 Å². The van der Waals surface area contributed by atoms with E-state index in [2.05, 4.69) is 29.4 Å². The van der Waals surface area contributed by atoms with Crippen LogP contribution in [0.15, 0.2) is 6.20 Å². The minimum atomic E-state index is -0.148. The van der Waals surface area contributed by atoms with Crippen LogP contribution in [0.2, 0.25) is 0 Å². The number of carbonyl (C=O) groups excluding carboxylic acids is 1. The van der Waals surface area contributed by atoms with Crippen molar-refractivity contribution in [2.75, 3.05) is 26.4 Å². The van der Waals surface area contributed by atoms with Crippen molar-refractivity contribution >= 4 is 11.6 Å². The Morgan fingerprint density at radius 2 is 2.16 bits per heavy atom. The first-order chi connectivity index (χ1) is 8.96. The van der Waals surface area contributed by atoms with Gasteiger partial charge in [0.1, 0.15) is 5.69 Å². The zero-order valence-corrected chi connectivity index (χ0v) is 11.9. The van der Waals surface area contributed by atoms with E-state index in [0.29, 0.717) is 17.9 Å². The van der Waals surface area contributed by atoms with Crippen LogP contribution in [0, 0.1) is 0 Å². The van der Waals surface area contributed by atoms with Crippen molar-refractivity contribution in [2.45, 2.75) is 31.2 Å². The summed E-state index contributed by atoms with van der Waals surface area (Å²) >= 11 is 0. The van der Waals surface area contributed by atoms with Gasteiger partial charge < -0.3 is 16.0 Å². The van der Waals surface area contributed by atoms with Gasteiger partial charge in [-0.2, -0.15) is 5.10 Å². The average Bonchev–Trinajstić information content (AvgIpc) is 2.95. The van der Waals surface area contributed by atoms with Crippen molar-refractivity contribution in [3.63, 3.8) is 0 Å². The molecule has 1 heterocycles. The van der Waals surface area contributed by atoms with E-state index in [0.717, 1.165) is 12.8 Å². The number of nitrogen functional groups attached to an aromatic ring is 1. The first-order valence-corrected chi connectivity index (χ1v) is 6.69. The highest BCUT2D eigenvalue weighted by atomic mass is 16.2. The van der Waals surface area contributed by atoms with Gasteiger partial charge >= 0.3 is 0 Å². The van der Waals surface area contributed by atoms with E-state index in [-0.39, 0.29) is 11.4 Å². The van der Waals surface area contributed by atoms with Gasteiger partial charge in [-0.05, 0) is 26.9 Å². The standard InChI is InChI=1S/C13H23N5O/c1-17(2)13(6-4-5-7-13)9-15-12(19)11-10(14)8-16-18(11)3/h8H,4-7,9,14H2,1-3H3,(H,15,19). The molecule has 0 radical (unpaired) electrons. The number of nitrogens with two attached hydrogens (primary N) is 1. The second-order valence-corrected chi connectivity index (χ2v) is 5.58. The number of hydrogen-bond donors (Lipinski definition) is 2. The average molecular weight is 265 g/mol. The Morgan fingerprint density at radius 3 is 2.63 bits per heavy atom. The molecule has 2 rings (SSSR count). The number of nitrogens with one attached hydrogen (secondary N) is 1. The van der Waals surface area contributed by atoms with Crippen LogP contribution in [-0.4, -0.2) is 46.8 Å². The predicted octanol–water partition coefficient (Wildman–Crippen LogP) is 0.606. The summed E-state index contributed by atoms with van der Waals surface area (Å²) in [5, 5.41) is 7.00. The lowest BCUT2D eigenvalue weighted by Gasteiger charge is -2.36. The molecule has 6 nitrogen and oxygen atoms in total. The van der Waals surface area contributed by atoms with Gasteiger partial charge in [-0.1, -0.05) is 12.8 Å². The molecule has 1 fully saturated rings. The number of nitrogens with zero attached hydrogens (tertiary/aromatic N) is 3. The topological polar surface area (TPSA) is 76.2 Å². The molecule has 1 amide bonds. The van der Waals surface area contributed by atoms with Crippen LogP contribution in [0.25, 0.3) is 0 Å². The Hall–Kier alpha value is -1.56. The maximum Gasteiger partial charge on any atom is 0.271 e. The summed E-state index contributed by atoms with van der Waals surface area (Å²) < 4.78 is 1.52. The predicted molar refractivity (Wildman–Crippen MR) is 74.8 cm³/mol. The van der Waals surface area contributed by atoms with E-state index in [4.69, 9.17) is 5.73 Å². The lowest BCUT2D eigenvalue weighted by molar-refractivity contribution is 0.0891. The van der Waals surface area contributed by atoms with E-state index < -0.39 is 0 Å². The smallest absolute Gasteiger partial charge is 0.271 e. The molecular formula is C13H23N5O. The van der Waals surface area contributed by atoms with E-state index in [1.54, 1.807) is 7.05 Å². The summed E-state index contributed by atoms with van der Waals surface area (Å²) in [7, 11) is 5.88. The van der Waals surface area contributed by atoms with Gasteiger partial charge in [0.15, 0.2) is 0 Å². The number of rotatable bonds is 4. The number of hydrogen-bond acceptors (Lipinski definition) is 4. The molecule has 1 aliphatic carbocycles. The molecule has 1 aromatic heterocycles. The Morgan fingerprint density at radius 1 is 1.53 bits per heavy atom. The quantitative estimate of drug-likeness (QED) is 0.836. The molecule has 0 unspecified atom stereocenters. The molecule has 1 aliphatic rings. The zero-order valence-electron chi connectivity index (χ0n) is 11.9. The number of aromatic nitrogens is 2. The molecular weight excluding hydrogens is 242 g/mol. The van der Waals surface area contributed by atoms with Crippen molar-refractivity contribution in [3.05, 3.63) is 11.9 Å². The summed E-state index contributed by atoms with van der Waals surface area (Å²) in [6, 6.07) is 0. The van der Waals surface area contributed by atoms with Crippen LogP contribution in [0.1, 0.15) is 36.2 Å². The van der Waals surface area contributed by atoms with Crippen LogP contribution in [-0.2, 0) is 7.05 Å². The summed E-state index contributed by atoms with van der Waals surface area (Å²) in [6.45, 7) is 0.656. The Bertz CT molecular complexity index is 440. The molecule has 6 heteroatoms. The van der Waals surface area contributed by atoms with Gasteiger partial charge in [-0.3, -0.25) is 9.48 Å². The van der Waals surface area contributed by atoms with Gasteiger partial charge in [0.05, 0.1) is 11.9 Å². The summed E-state index contributed by atoms with van der Waals surface area (Å²) in [5.41, 5.74) is 6.71. The lowest BCUT2D eigenvalue weighted by atomic mass is 9.96. The zero-order chi connectivity index (χ0) is 14.0. The normalized spacial score (nSPS) is 17.9. The van der Waals surface area contributed by atoms with Crippen molar-refractivity contribution in [1.29, 1.82) is 0 Å². The number of aryl methyl sites for hydroxylation is 1. The second kappa shape index (κ2) is 5.21. The lowest BCUT2D eigenvalue weighted by Crippen LogP contribution is -2.51. The first-order valence-electron chi connectivity index (χ1n) is 6.69. The van der Waals surface area contributed by atoms with Crippen LogP contribution >= 0.6 is 0 Å². The van der Waals surface area contributed by atoms with E-state index in [1.165, 1.54) is 23.7 Å². The number of likely N-dealkylation sites (N-methyl/N-ethyl adjacent to an activating group) is 1. The van der Waals surface area contributed by atoms with Crippen molar-refractivity contribution in [3.8, 4) is 0 Å². The van der Waals surface area contributed by atoms with Crippen LogP contribution in [0.4, 0.5) is 5.69 Å². The highest BCUT2D eigenvalue weighted by Crippen LogP contribution is 2.33. The molecule has 0 atom stereocenters. The summed E-state index contributed by atoms with van der Waals surface area (Å²) in [6.07, 6.45) is 6.21. The van der Waals surface area contributed by atoms with Crippen molar-refractivity contribution < 1.29 is 4.79 Å². The molecule has 0 aliphatic heterocycles. The molecule has 0 saturated heterocycles. The number of carbonyl (C=O) groups is 1. The molecule has 106 valence electrons. The SMILES string of the molecule is CN(C)C1(CNC(=O)c2c(N)cnn2C)CCCC1. The highest BCUT2D eigenvalue weighted by molar-refractivity contribution is 5.97. The van der Waals surface area contributed by atoms with Gasteiger partial charge in [-0.15, -0.1) is 0 Å². The fraction of sp³-hybridized carbons (Fsp3) is 0.692. The third-order valence-electron chi connectivity index (χ3n) is 4.24. The van der Waals surface area contributed by atoms with E-state index >= 15 is 0 Å². The third-order valence-corrected chi connectivity index (χ3v) is 4.24. The number of amides is 1. The Kier molecular flexibility index (Phi) is 3.80. The van der Waals surface area contributed by atoms with Gasteiger partial charge in [0.2, 0.25) is 0 Å². The minimum Gasteiger partial charge on any atom is -0.396 e. The molecule has 1 saturated carbocycles.